The van der Waals surface area contributed by atoms with Crippen LogP contribution in [-0.2, 0) is 14.3 Å². The number of ether oxygens (including phenoxy) is 1. The van der Waals surface area contributed by atoms with Crippen LogP contribution in [0.4, 0.5) is 13.2 Å². The summed E-state index contributed by atoms with van der Waals surface area (Å²) in [6.07, 6.45) is 11.3. The molecule has 38 heavy (non-hydrogen) atoms. The van der Waals surface area contributed by atoms with Crippen LogP contribution in [0, 0.1) is 29.6 Å². The maximum Gasteiger partial charge on any atom is 0.379 e. The number of aliphatic hydroxyl groups is 1. The van der Waals surface area contributed by atoms with Crippen LogP contribution in [0.25, 0.3) is 0 Å². The van der Waals surface area contributed by atoms with E-state index in [4.69, 9.17) is 9.84 Å². The Labute approximate surface area is 223 Å². The summed E-state index contributed by atoms with van der Waals surface area (Å²) >= 11 is 0. The minimum Gasteiger partial charge on any atom is -0.466 e. The molecule has 2 aliphatic rings. The molecule has 1 aromatic heterocycles. The molecule has 0 saturated carbocycles. The Balaban J connectivity index is 0.00000110. The van der Waals surface area contributed by atoms with E-state index in [0.29, 0.717) is 38.2 Å². The van der Waals surface area contributed by atoms with Gasteiger partial charge in [-0.15, -0.1) is 0 Å². The van der Waals surface area contributed by atoms with Crippen LogP contribution >= 0.6 is 0 Å². The number of hydrogen-bond acceptors (Lipinski definition) is 6. The number of carbonyl (C=O) groups is 2. The Morgan fingerprint density at radius 1 is 1.24 bits per heavy atom. The van der Waals surface area contributed by atoms with Gasteiger partial charge >= 0.3 is 12.6 Å². The molecule has 0 spiro atoms. The number of amides is 1. The summed E-state index contributed by atoms with van der Waals surface area (Å²) < 4.78 is 34.3. The van der Waals surface area contributed by atoms with Gasteiger partial charge in [0.05, 0.1) is 36.6 Å². The largest absolute Gasteiger partial charge is 0.466 e. The average Bonchev–Trinajstić information content (AvgIpc) is 2.91. The Morgan fingerprint density at radius 2 is 1.87 bits per heavy atom. The van der Waals surface area contributed by atoms with Crippen LogP contribution in [0.3, 0.4) is 0 Å². The van der Waals surface area contributed by atoms with Crippen LogP contribution < -0.4 is 0 Å². The number of aryl methyl sites for hydroxylation is 1. The molecule has 10 heteroatoms. The standard InChI is InChI=1S/C26H33N3O3.CHF3.CH4O/c1-4-32-23(30)17-26(22(18-27)24-19(2)9-8-14-28-24)12-15-29(16-13-26)25(31)20(3)21-10-6-5-7-11-21;2-1(3)4;1-2/h6,8-11,14,20,22H,4-5,7,12-13,15-17H2,1-3H3;1H;2H,1H3. The summed E-state index contributed by atoms with van der Waals surface area (Å²) in [7, 11) is 1.00. The van der Waals surface area contributed by atoms with Gasteiger partial charge in [-0.3, -0.25) is 14.6 Å². The first-order valence-corrected chi connectivity index (χ1v) is 12.6. The number of likely N-dealkylation sites (tertiary alicyclic amines) is 1. The zero-order chi connectivity index (χ0) is 28.7. The number of alkyl halides is 3. The topological polar surface area (TPSA) is 104 Å². The zero-order valence-electron chi connectivity index (χ0n) is 22.5. The lowest BCUT2D eigenvalue weighted by Crippen LogP contribution is -2.48. The van der Waals surface area contributed by atoms with E-state index in [1.165, 1.54) is 0 Å². The molecule has 7 nitrogen and oxygen atoms in total. The normalized spacial score (nSPS) is 17.5. The Bertz CT molecular complexity index is 997. The van der Waals surface area contributed by atoms with Gasteiger partial charge < -0.3 is 14.7 Å². The molecule has 2 unspecified atom stereocenters. The minimum absolute atomic E-state index is 0.107. The fraction of sp³-hybridized carbons (Fsp3) is 0.571. The fourth-order valence-corrected chi connectivity index (χ4v) is 4.90. The molecule has 2 heterocycles. The zero-order valence-corrected chi connectivity index (χ0v) is 22.5. The maximum atomic E-state index is 13.2. The molecule has 1 saturated heterocycles. The SMILES string of the molecule is CCOC(=O)CC1(C(C#N)c2ncccc2C)CCN(C(=O)C(C)C2=CCCC=C2)CC1.CO.FC(F)F. The van der Waals surface area contributed by atoms with E-state index in [2.05, 4.69) is 29.3 Å². The highest BCUT2D eigenvalue weighted by molar-refractivity contribution is 5.82. The van der Waals surface area contributed by atoms with Crippen molar-refractivity contribution in [3.8, 4) is 6.07 Å². The van der Waals surface area contributed by atoms with Crippen LogP contribution in [0.2, 0.25) is 0 Å². The Kier molecular flexibility index (Phi) is 14.4. The van der Waals surface area contributed by atoms with E-state index in [0.717, 1.165) is 31.1 Å². The summed E-state index contributed by atoms with van der Waals surface area (Å²) in [4.78, 5) is 32.1. The smallest absolute Gasteiger partial charge is 0.379 e. The summed E-state index contributed by atoms with van der Waals surface area (Å²) in [5.74, 6) is -0.914. The van der Waals surface area contributed by atoms with Crippen LogP contribution in [-0.4, -0.2) is 60.4 Å². The van der Waals surface area contributed by atoms with Gasteiger partial charge in [0.15, 0.2) is 0 Å². The van der Waals surface area contributed by atoms with Crippen molar-refractivity contribution < 1.29 is 32.6 Å². The van der Waals surface area contributed by atoms with Gasteiger partial charge in [-0.2, -0.15) is 18.4 Å². The second kappa shape index (κ2) is 16.6. The number of hydrogen-bond donors (Lipinski definition) is 1. The minimum atomic E-state index is -3.67. The molecule has 1 fully saturated rings. The van der Waals surface area contributed by atoms with Gasteiger partial charge in [0.1, 0.15) is 0 Å². The van der Waals surface area contributed by atoms with Crippen molar-refractivity contribution in [2.45, 2.75) is 65.5 Å². The van der Waals surface area contributed by atoms with E-state index in [-0.39, 0.29) is 24.2 Å². The van der Waals surface area contributed by atoms with Crippen LogP contribution in [0.5, 0.6) is 0 Å². The molecule has 1 N–H and O–H groups in total. The molecule has 210 valence electrons. The number of rotatable bonds is 7. The quantitative estimate of drug-likeness (QED) is 0.476. The lowest BCUT2D eigenvalue weighted by Gasteiger charge is -2.44. The molecule has 1 aromatic rings. The van der Waals surface area contributed by atoms with E-state index in [9.17, 15) is 28.0 Å². The number of nitrogens with zero attached hydrogens (tertiary/aromatic N) is 3. The summed E-state index contributed by atoms with van der Waals surface area (Å²) in [5, 5.41) is 17.2. The second-order valence-electron chi connectivity index (χ2n) is 9.09. The Hall–Kier alpha value is -3.19. The van der Waals surface area contributed by atoms with Crippen LogP contribution in [0.1, 0.15) is 63.1 Å². The van der Waals surface area contributed by atoms with E-state index < -0.39 is 18.0 Å². The number of aliphatic hydroxyl groups excluding tert-OH is 1. The maximum absolute atomic E-state index is 13.2. The highest BCUT2D eigenvalue weighted by atomic mass is 19.4. The van der Waals surface area contributed by atoms with Gasteiger partial charge in [-0.05, 0) is 63.7 Å². The first kappa shape index (κ1) is 32.8. The number of esters is 1. The number of piperidine rings is 1. The van der Waals surface area contributed by atoms with E-state index in [1.807, 2.05) is 30.9 Å². The van der Waals surface area contributed by atoms with Crippen molar-refractivity contribution in [3.63, 3.8) is 0 Å². The monoisotopic (exact) mass is 537 g/mol. The molecule has 0 aromatic carbocycles. The lowest BCUT2D eigenvalue weighted by atomic mass is 9.65. The van der Waals surface area contributed by atoms with Crippen molar-refractivity contribution in [1.29, 1.82) is 5.26 Å². The number of pyridine rings is 1. The third kappa shape index (κ3) is 9.28. The molecule has 1 aliphatic heterocycles. The number of aromatic nitrogens is 1. The average molecular weight is 538 g/mol. The number of nitriles is 1. The van der Waals surface area contributed by atoms with Crippen LogP contribution in [0.15, 0.2) is 42.1 Å². The van der Waals surface area contributed by atoms with Crippen molar-refractivity contribution >= 4 is 11.9 Å². The number of carbonyl (C=O) groups excluding carboxylic acids is 2. The highest BCUT2D eigenvalue weighted by Crippen LogP contribution is 2.47. The first-order valence-electron chi connectivity index (χ1n) is 12.6. The third-order valence-electron chi connectivity index (χ3n) is 6.83. The summed E-state index contributed by atoms with van der Waals surface area (Å²) in [6.45, 7) is 3.36. The molecule has 0 radical (unpaired) electrons. The summed E-state index contributed by atoms with van der Waals surface area (Å²) in [6, 6.07) is 6.23. The molecule has 1 amide bonds. The van der Waals surface area contributed by atoms with Gasteiger partial charge in [-0.1, -0.05) is 24.3 Å². The predicted octanol–water partition coefficient (Wildman–Crippen LogP) is 5.26. The lowest BCUT2D eigenvalue weighted by molar-refractivity contribution is -0.147. The molecular formula is C28H38F3N3O4. The highest BCUT2D eigenvalue weighted by Gasteiger charge is 2.46. The predicted molar refractivity (Wildman–Crippen MR) is 138 cm³/mol. The number of allylic oxidation sites excluding steroid dienone is 3. The first-order chi connectivity index (χ1) is 18.1. The van der Waals surface area contributed by atoms with Gasteiger partial charge in [0.2, 0.25) is 5.91 Å². The molecule has 3 rings (SSSR count). The molecule has 1 aliphatic carbocycles. The van der Waals surface area contributed by atoms with Crippen molar-refractivity contribution in [1.82, 2.24) is 9.88 Å². The number of halogens is 3. The third-order valence-corrected chi connectivity index (χ3v) is 6.83. The van der Waals surface area contributed by atoms with Crippen molar-refractivity contribution in [2.75, 3.05) is 26.8 Å². The van der Waals surface area contributed by atoms with E-state index >= 15 is 0 Å². The molecular weight excluding hydrogens is 499 g/mol. The van der Waals surface area contributed by atoms with Crippen molar-refractivity contribution in [2.24, 2.45) is 11.3 Å². The fourth-order valence-electron chi connectivity index (χ4n) is 4.90. The van der Waals surface area contributed by atoms with E-state index in [1.54, 1.807) is 13.1 Å². The molecule has 2 atom stereocenters. The second-order valence-corrected chi connectivity index (χ2v) is 9.09. The summed E-state index contributed by atoms with van der Waals surface area (Å²) in [5.41, 5.74) is 2.11. The van der Waals surface area contributed by atoms with Gasteiger partial charge in [0, 0.05) is 31.8 Å². The van der Waals surface area contributed by atoms with Gasteiger partial charge in [0.25, 0.3) is 0 Å². The van der Waals surface area contributed by atoms with Crippen molar-refractivity contribution in [3.05, 3.63) is 53.4 Å². The molecule has 0 bridgehead atoms. The van der Waals surface area contributed by atoms with Gasteiger partial charge in [-0.25, -0.2) is 0 Å². The Morgan fingerprint density at radius 3 is 2.37 bits per heavy atom.